The number of guanidine groups is 1. The van der Waals surface area contributed by atoms with Crippen molar-refractivity contribution >= 4 is 12.1 Å². The molecule has 0 aromatic carbocycles. The third-order valence-electron chi connectivity index (χ3n) is 3.35. The normalized spacial score (nSPS) is 11.8. The molecule has 0 aliphatic carbocycles. The van der Waals surface area contributed by atoms with Gasteiger partial charge in [0.25, 0.3) is 0 Å². The van der Waals surface area contributed by atoms with Crippen LogP contribution in [0.15, 0.2) is 42.0 Å². The Hall–Kier alpha value is -3.10. The van der Waals surface area contributed by atoms with Crippen LogP contribution in [0.5, 0.6) is 0 Å². The molecule has 0 unspecified atom stereocenters. The number of hydrogen-bond donors (Lipinski definition) is 3. The van der Waals surface area contributed by atoms with Gasteiger partial charge in [-0.15, -0.1) is 0 Å². The Morgan fingerprint density at radius 2 is 2.00 bits per heavy atom. The third kappa shape index (κ3) is 7.35. The lowest BCUT2D eigenvalue weighted by molar-refractivity contribution is 0.0529. The smallest absolute Gasteiger partial charge is 0.407 e. The predicted molar refractivity (Wildman–Crippen MR) is 104 cm³/mol. The molecule has 3 N–H and O–H groups in total. The Morgan fingerprint density at radius 1 is 1.22 bits per heavy atom. The molecule has 0 radical (unpaired) electrons. The molecule has 9 heteroatoms. The van der Waals surface area contributed by atoms with Gasteiger partial charge in [-0.2, -0.15) is 0 Å². The van der Waals surface area contributed by atoms with Crippen LogP contribution in [0.2, 0.25) is 0 Å². The molecule has 0 saturated carbocycles. The SMILES string of the molecule is CN=C(NCCNC(=O)OC(C)(C)C)NCc1ccc(-n2ccnc2)nc1. The highest BCUT2D eigenvalue weighted by Gasteiger charge is 2.15. The van der Waals surface area contributed by atoms with E-state index in [0.29, 0.717) is 25.6 Å². The van der Waals surface area contributed by atoms with Crippen molar-refractivity contribution < 1.29 is 9.53 Å². The first-order valence-electron chi connectivity index (χ1n) is 8.72. The van der Waals surface area contributed by atoms with Crippen molar-refractivity contribution in [2.45, 2.75) is 32.9 Å². The molecular formula is C18H27N7O2. The molecule has 0 atom stereocenters. The fourth-order valence-electron chi connectivity index (χ4n) is 2.13. The van der Waals surface area contributed by atoms with Gasteiger partial charge in [0, 0.05) is 45.3 Å². The van der Waals surface area contributed by atoms with Crippen LogP contribution in [-0.2, 0) is 11.3 Å². The van der Waals surface area contributed by atoms with Crippen molar-refractivity contribution in [2.75, 3.05) is 20.1 Å². The van der Waals surface area contributed by atoms with Crippen molar-refractivity contribution in [3.63, 3.8) is 0 Å². The number of nitrogens with one attached hydrogen (secondary N) is 3. The predicted octanol–water partition coefficient (Wildman–Crippen LogP) is 1.46. The minimum atomic E-state index is -0.503. The number of carbonyl (C=O) groups is 1. The number of amides is 1. The second-order valence-electron chi connectivity index (χ2n) is 6.78. The maximum atomic E-state index is 11.6. The molecule has 0 fully saturated rings. The van der Waals surface area contributed by atoms with E-state index in [-0.39, 0.29) is 0 Å². The summed E-state index contributed by atoms with van der Waals surface area (Å²) in [4.78, 5) is 24.1. The molecule has 2 aromatic heterocycles. The summed E-state index contributed by atoms with van der Waals surface area (Å²) in [6.45, 7) is 7.01. The molecule has 9 nitrogen and oxygen atoms in total. The average Bonchev–Trinajstić information content (AvgIpc) is 3.15. The number of ether oxygens (including phenoxy) is 1. The van der Waals surface area contributed by atoms with Gasteiger partial charge < -0.3 is 20.7 Å². The van der Waals surface area contributed by atoms with Crippen LogP contribution in [0, 0.1) is 0 Å². The summed E-state index contributed by atoms with van der Waals surface area (Å²) < 4.78 is 7.02. The van der Waals surface area contributed by atoms with Gasteiger partial charge in [0.15, 0.2) is 5.96 Å². The van der Waals surface area contributed by atoms with E-state index in [1.54, 1.807) is 25.8 Å². The van der Waals surface area contributed by atoms with E-state index in [4.69, 9.17) is 4.74 Å². The molecule has 0 aliphatic heterocycles. The minimum absolute atomic E-state index is 0.427. The molecule has 0 aliphatic rings. The summed E-state index contributed by atoms with van der Waals surface area (Å²) >= 11 is 0. The lowest BCUT2D eigenvalue weighted by atomic mass is 10.2. The number of carbonyl (C=O) groups excluding carboxylic acids is 1. The number of aromatic nitrogens is 3. The van der Waals surface area contributed by atoms with Gasteiger partial charge >= 0.3 is 6.09 Å². The summed E-state index contributed by atoms with van der Waals surface area (Å²) in [5.41, 5.74) is 0.519. The minimum Gasteiger partial charge on any atom is -0.444 e. The van der Waals surface area contributed by atoms with E-state index in [0.717, 1.165) is 11.4 Å². The van der Waals surface area contributed by atoms with E-state index in [1.807, 2.05) is 43.7 Å². The maximum Gasteiger partial charge on any atom is 0.407 e. The Morgan fingerprint density at radius 3 is 2.59 bits per heavy atom. The van der Waals surface area contributed by atoms with Crippen molar-refractivity contribution in [3.05, 3.63) is 42.6 Å². The van der Waals surface area contributed by atoms with Gasteiger partial charge in [-0.3, -0.25) is 9.56 Å². The Balaban J connectivity index is 1.70. The van der Waals surface area contributed by atoms with E-state index in [1.165, 1.54) is 0 Å². The summed E-state index contributed by atoms with van der Waals surface area (Å²) in [6.07, 6.45) is 6.63. The number of imidazole rings is 1. The van der Waals surface area contributed by atoms with Crippen LogP contribution in [0.3, 0.4) is 0 Å². The van der Waals surface area contributed by atoms with Crippen LogP contribution in [-0.4, -0.2) is 52.3 Å². The van der Waals surface area contributed by atoms with Gasteiger partial charge in [-0.1, -0.05) is 6.07 Å². The molecular weight excluding hydrogens is 346 g/mol. The number of aliphatic imine (C=N–C) groups is 1. The molecule has 2 rings (SSSR count). The molecule has 1 amide bonds. The first kappa shape index (κ1) is 20.2. The van der Waals surface area contributed by atoms with Gasteiger partial charge in [0.2, 0.25) is 0 Å². The van der Waals surface area contributed by atoms with Crippen molar-refractivity contribution in [3.8, 4) is 5.82 Å². The Kier molecular flexibility index (Phi) is 7.16. The van der Waals surface area contributed by atoms with Crippen LogP contribution >= 0.6 is 0 Å². The average molecular weight is 373 g/mol. The van der Waals surface area contributed by atoms with E-state index in [9.17, 15) is 4.79 Å². The zero-order chi connectivity index (χ0) is 19.7. The molecule has 0 spiro atoms. The fraction of sp³-hybridized carbons (Fsp3) is 0.444. The maximum absolute atomic E-state index is 11.6. The molecule has 0 saturated heterocycles. The van der Waals surface area contributed by atoms with E-state index < -0.39 is 11.7 Å². The van der Waals surface area contributed by atoms with Crippen LogP contribution < -0.4 is 16.0 Å². The Labute approximate surface area is 159 Å². The van der Waals surface area contributed by atoms with Crippen LogP contribution in [0.25, 0.3) is 5.82 Å². The second-order valence-corrected chi connectivity index (χ2v) is 6.78. The molecule has 146 valence electrons. The number of hydrogen-bond acceptors (Lipinski definition) is 5. The standard InChI is InChI=1S/C18H27N7O2/c1-18(2,3)27-17(26)22-8-7-21-16(19-4)24-12-14-5-6-15(23-11-14)25-10-9-20-13-25/h5-6,9-11,13H,7-8,12H2,1-4H3,(H,22,26)(H2,19,21,24). The summed E-state index contributed by atoms with van der Waals surface area (Å²) in [5, 5.41) is 9.02. The largest absolute Gasteiger partial charge is 0.444 e. The lowest BCUT2D eigenvalue weighted by Crippen LogP contribution is -2.42. The van der Waals surface area contributed by atoms with Gasteiger partial charge in [-0.05, 0) is 32.4 Å². The summed E-state index contributed by atoms with van der Waals surface area (Å²) in [7, 11) is 1.69. The number of rotatable bonds is 6. The highest BCUT2D eigenvalue weighted by Crippen LogP contribution is 2.06. The van der Waals surface area contributed by atoms with E-state index in [2.05, 4.69) is 30.9 Å². The lowest BCUT2D eigenvalue weighted by Gasteiger charge is -2.19. The zero-order valence-electron chi connectivity index (χ0n) is 16.2. The molecule has 2 heterocycles. The number of nitrogens with zero attached hydrogens (tertiary/aromatic N) is 4. The number of pyridine rings is 1. The van der Waals surface area contributed by atoms with Crippen molar-refractivity contribution in [2.24, 2.45) is 4.99 Å². The van der Waals surface area contributed by atoms with Gasteiger partial charge in [0.1, 0.15) is 17.7 Å². The van der Waals surface area contributed by atoms with Gasteiger partial charge in [-0.25, -0.2) is 14.8 Å². The van der Waals surface area contributed by atoms with E-state index >= 15 is 0 Å². The summed E-state index contributed by atoms with van der Waals surface area (Å²) in [6, 6.07) is 3.92. The second kappa shape index (κ2) is 9.56. The van der Waals surface area contributed by atoms with Crippen molar-refractivity contribution in [1.82, 2.24) is 30.5 Å². The highest BCUT2D eigenvalue weighted by molar-refractivity contribution is 5.79. The summed E-state index contributed by atoms with van der Waals surface area (Å²) in [5.74, 6) is 1.45. The van der Waals surface area contributed by atoms with Gasteiger partial charge in [0.05, 0.1) is 0 Å². The van der Waals surface area contributed by atoms with Crippen molar-refractivity contribution in [1.29, 1.82) is 0 Å². The topological polar surface area (TPSA) is 105 Å². The first-order chi connectivity index (χ1) is 12.9. The quantitative estimate of drug-likeness (QED) is 0.402. The fourth-order valence-corrected chi connectivity index (χ4v) is 2.13. The monoisotopic (exact) mass is 373 g/mol. The molecule has 2 aromatic rings. The number of alkyl carbamates (subject to hydrolysis) is 1. The Bertz CT molecular complexity index is 734. The molecule has 0 bridgehead atoms. The van der Waals surface area contributed by atoms with Crippen LogP contribution in [0.4, 0.5) is 4.79 Å². The third-order valence-corrected chi connectivity index (χ3v) is 3.35. The van der Waals surface area contributed by atoms with Crippen LogP contribution in [0.1, 0.15) is 26.3 Å². The first-order valence-corrected chi connectivity index (χ1v) is 8.72. The zero-order valence-corrected chi connectivity index (χ0v) is 16.2. The highest BCUT2D eigenvalue weighted by atomic mass is 16.6. The molecule has 27 heavy (non-hydrogen) atoms.